The molecule has 0 bridgehead atoms. The van der Waals surface area contributed by atoms with Crippen molar-refractivity contribution in [1.29, 1.82) is 0 Å². The largest absolute Gasteiger partial charge is 0.331 e. The second kappa shape index (κ2) is 5.78. The van der Waals surface area contributed by atoms with Gasteiger partial charge >= 0.3 is 6.03 Å². The van der Waals surface area contributed by atoms with Gasteiger partial charge in [0.1, 0.15) is 5.41 Å². The van der Waals surface area contributed by atoms with Crippen LogP contribution in [-0.2, 0) is 9.59 Å². The fraction of sp³-hybridized carbons (Fsp3) is 0.812. The zero-order chi connectivity index (χ0) is 14.9. The predicted molar refractivity (Wildman–Crippen MR) is 77.4 cm³/mol. The van der Waals surface area contributed by atoms with Gasteiger partial charge in [-0.2, -0.15) is 0 Å². The van der Waals surface area contributed by atoms with Crippen molar-refractivity contribution in [1.82, 2.24) is 10.2 Å². The maximum atomic E-state index is 12.9. The Hall–Kier alpha value is -1.39. The second-order valence-electron chi connectivity index (χ2n) is 6.72. The van der Waals surface area contributed by atoms with Crippen LogP contribution >= 0.6 is 0 Å². The van der Waals surface area contributed by atoms with Crippen LogP contribution in [0.25, 0.3) is 0 Å². The molecule has 2 saturated carbocycles. The van der Waals surface area contributed by atoms with Crippen LogP contribution in [0.2, 0.25) is 0 Å². The first-order chi connectivity index (χ1) is 10.1. The van der Waals surface area contributed by atoms with Gasteiger partial charge in [-0.3, -0.25) is 19.8 Å². The Bertz CT molecular complexity index is 446. The highest BCUT2D eigenvalue weighted by atomic mass is 16.2. The molecule has 1 heterocycles. The lowest BCUT2D eigenvalue weighted by atomic mass is 9.81. The van der Waals surface area contributed by atoms with E-state index in [0.29, 0.717) is 12.8 Å². The molecule has 4 amide bonds. The summed E-state index contributed by atoms with van der Waals surface area (Å²) in [5.41, 5.74) is -0.948. The number of hydrogen-bond donors (Lipinski definition) is 1. The number of urea groups is 1. The summed E-state index contributed by atoms with van der Waals surface area (Å²) >= 11 is 0. The van der Waals surface area contributed by atoms with Crippen LogP contribution in [0.1, 0.15) is 70.6 Å². The van der Waals surface area contributed by atoms with E-state index in [2.05, 4.69) is 5.32 Å². The number of carbonyl (C=O) groups is 3. The van der Waals surface area contributed by atoms with Crippen LogP contribution in [0.4, 0.5) is 4.79 Å². The van der Waals surface area contributed by atoms with Gasteiger partial charge in [-0.15, -0.1) is 0 Å². The molecular formula is C16H24N2O3. The van der Waals surface area contributed by atoms with Crippen molar-refractivity contribution in [3.8, 4) is 0 Å². The van der Waals surface area contributed by atoms with E-state index >= 15 is 0 Å². The number of nitrogens with zero attached hydrogens (tertiary/aromatic N) is 1. The maximum absolute atomic E-state index is 12.9. The summed E-state index contributed by atoms with van der Waals surface area (Å²) in [6.45, 7) is 0. The normalized spacial score (nSPS) is 27.6. The lowest BCUT2D eigenvalue weighted by molar-refractivity contribution is -0.152. The summed E-state index contributed by atoms with van der Waals surface area (Å²) in [6, 6.07) is -0.517. The Morgan fingerprint density at radius 2 is 1.43 bits per heavy atom. The minimum atomic E-state index is -0.948. The van der Waals surface area contributed by atoms with Crippen molar-refractivity contribution in [2.24, 2.45) is 5.41 Å². The lowest BCUT2D eigenvalue weighted by Gasteiger charge is -2.41. The molecule has 0 radical (unpaired) electrons. The topological polar surface area (TPSA) is 66.5 Å². The summed E-state index contributed by atoms with van der Waals surface area (Å²) in [7, 11) is 0. The molecule has 0 aromatic carbocycles. The van der Waals surface area contributed by atoms with Crippen molar-refractivity contribution in [2.45, 2.75) is 76.7 Å². The van der Waals surface area contributed by atoms with Crippen molar-refractivity contribution in [2.75, 3.05) is 0 Å². The van der Waals surface area contributed by atoms with Gasteiger partial charge in [0.2, 0.25) is 11.8 Å². The molecule has 5 heteroatoms. The fourth-order valence-electron chi connectivity index (χ4n) is 4.14. The number of amides is 4. The molecule has 21 heavy (non-hydrogen) atoms. The molecule has 0 unspecified atom stereocenters. The van der Waals surface area contributed by atoms with Crippen molar-refractivity contribution in [3.63, 3.8) is 0 Å². The highest BCUT2D eigenvalue weighted by Gasteiger charge is 2.56. The monoisotopic (exact) mass is 292 g/mol. The van der Waals surface area contributed by atoms with Crippen molar-refractivity contribution < 1.29 is 14.4 Å². The van der Waals surface area contributed by atoms with Gasteiger partial charge in [-0.25, -0.2) is 4.79 Å². The van der Waals surface area contributed by atoms with E-state index in [4.69, 9.17) is 0 Å². The van der Waals surface area contributed by atoms with Gasteiger partial charge in [0.15, 0.2) is 0 Å². The fourth-order valence-corrected chi connectivity index (χ4v) is 4.14. The molecule has 3 rings (SSSR count). The van der Waals surface area contributed by atoms with E-state index in [1.165, 1.54) is 24.2 Å². The SMILES string of the molecule is O=C1NC(=O)C2(CCCC2)C(=O)N1C1CCCCCCC1. The first-order valence-corrected chi connectivity index (χ1v) is 8.34. The second-order valence-corrected chi connectivity index (χ2v) is 6.72. The Balaban J connectivity index is 1.83. The molecule has 2 aliphatic carbocycles. The highest BCUT2D eigenvalue weighted by molar-refractivity contribution is 6.19. The number of carbonyl (C=O) groups excluding carboxylic acids is 3. The average Bonchev–Trinajstić information content (AvgIpc) is 2.90. The van der Waals surface area contributed by atoms with E-state index in [-0.39, 0.29) is 17.9 Å². The summed E-state index contributed by atoms with van der Waals surface area (Å²) < 4.78 is 0. The van der Waals surface area contributed by atoms with Gasteiger partial charge in [-0.05, 0) is 25.7 Å². The van der Waals surface area contributed by atoms with Gasteiger partial charge < -0.3 is 0 Å². The zero-order valence-corrected chi connectivity index (χ0v) is 12.5. The third-order valence-electron chi connectivity index (χ3n) is 5.40. The van der Waals surface area contributed by atoms with E-state index in [9.17, 15) is 14.4 Å². The minimum Gasteiger partial charge on any atom is -0.277 e. The minimum absolute atomic E-state index is 0.0247. The van der Waals surface area contributed by atoms with Crippen molar-refractivity contribution in [3.05, 3.63) is 0 Å². The summed E-state index contributed by atoms with van der Waals surface area (Å²) in [5.74, 6) is -0.587. The number of imide groups is 2. The lowest BCUT2D eigenvalue weighted by Crippen LogP contribution is -2.65. The maximum Gasteiger partial charge on any atom is 0.331 e. The van der Waals surface area contributed by atoms with Crippen LogP contribution in [0.5, 0.6) is 0 Å². The predicted octanol–water partition coefficient (Wildman–Crippen LogP) is 2.74. The van der Waals surface area contributed by atoms with Crippen LogP contribution in [0.3, 0.4) is 0 Å². The third-order valence-corrected chi connectivity index (χ3v) is 5.40. The van der Waals surface area contributed by atoms with Crippen LogP contribution in [0.15, 0.2) is 0 Å². The van der Waals surface area contributed by atoms with E-state index in [0.717, 1.165) is 38.5 Å². The Kier molecular flexibility index (Phi) is 4.00. The quantitative estimate of drug-likeness (QED) is 0.756. The average molecular weight is 292 g/mol. The highest BCUT2D eigenvalue weighted by Crippen LogP contribution is 2.42. The summed E-state index contributed by atoms with van der Waals surface area (Å²) in [5, 5.41) is 2.45. The molecule has 116 valence electrons. The van der Waals surface area contributed by atoms with Gasteiger partial charge in [0, 0.05) is 6.04 Å². The van der Waals surface area contributed by atoms with Crippen LogP contribution in [0, 0.1) is 5.41 Å². The molecule has 0 atom stereocenters. The molecule has 1 saturated heterocycles. The summed E-state index contributed by atoms with van der Waals surface area (Å²) in [6.07, 6.45) is 10.4. The summed E-state index contributed by atoms with van der Waals surface area (Å²) in [4.78, 5) is 38.7. The molecule has 1 spiro atoms. The Morgan fingerprint density at radius 3 is 2.05 bits per heavy atom. The van der Waals surface area contributed by atoms with E-state index in [1.807, 2.05) is 0 Å². The van der Waals surface area contributed by atoms with E-state index in [1.54, 1.807) is 0 Å². The number of hydrogen-bond acceptors (Lipinski definition) is 3. The van der Waals surface area contributed by atoms with Crippen LogP contribution < -0.4 is 5.32 Å². The Morgan fingerprint density at radius 1 is 0.857 bits per heavy atom. The van der Waals surface area contributed by atoms with Crippen LogP contribution in [-0.4, -0.2) is 28.8 Å². The standard InChI is InChI=1S/C16H24N2O3/c19-13-16(10-6-7-11-16)14(20)18(15(21)17-13)12-8-4-2-1-3-5-9-12/h12H,1-11H2,(H,17,19,21). The molecule has 3 fully saturated rings. The molecule has 1 aliphatic heterocycles. The van der Waals surface area contributed by atoms with Gasteiger partial charge in [-0.1, -0.05) is 44.9 Å². The zero-order valence-electron chi connectivity index (χ0n) is 12.5. The molecule has 3 aliphatic rings. The van der Waals surface area contributed by atoms with E-state index < -0.39 is 11.4 Å². The van der Waals surface area contributed by atoms with Gasteiger partial charge in [0.05, 0.1) is 0 Å². The Labute approximate surface area is 125 Å². The first kappa shape index (κ1) is 14.5. The number of barbiturate groups is 1. The molecule has 0 aromatic heterocycles. The molecular weight excluding hydrogens is 268 g/mol. The number of rotatable bonds is 1. The third kappa shape index (κ3) is 2.47. The molecule has 5 nitrogen and oxygen atoms in total. The van der Waals surface area contributed by atoms with Gasteiger partial charge in [0.25, 0.3) is 0 Å². The van der Waals surface area contributed by atoms with Crippen molar-refractivity contribution >= 4 is 17.8 Å². The number of nitrogens with one attached hydrogen (secondary N) is 1. The molecule has 1 N–H and O–H groups in total. The smallest absolute Gasteiger partial charge is 0.277 e. The first-order valence-electron chi connectivity index (χ1n) is 8.34. The molecule has 0 aromatic rings.